The summed E-state index contributed by atoms with van der Waals surface area (Å²) in [6.45, 7) is 4.79. The molecule has 1 N–H and O–H groups in total. The third-order valence-corrected chi connectivity index (χ3v) is 2.64. The number of ether oxygens (including phenoxy) is 1. The second-order valence-electron chi connectivity index (χ2n) is 3.61. The Balaban J connectivity index is 2.97. The van der Waals surface area contributed by atoms with Crippen molar-refractivity contribution in [3.05, 3.63) is 29.8 Å². The number of likely N-dealkylation sites (N-methyl/N-ethyl adjacent to an activating group) is 1. The molecule has 0 fully saturated rings. The Hall–Kier alpha value is -1.00. The predicted octanol–water partition coefficient (Wildman–Crippen LogP) is 2.30. The van der Waals surface area contributed by atoms with Crippen LogP contribution in [0.5, 0.6) is 0 Å². The van der Waals surface area contributed by atoms with Gasteiger partial charge < -0.3 is 10.1 Å². The first-order chi connectivity index (χ1) is 7.74. The molecule has 16 heavy (non-hydrogen) atoms. The number of halogens is 1. The van der Waals surface area contributed by atoms with E-state index in [-0.39, 0.29) is 18.0 Å². The fourth-order valence-electron chi connectivity index (χ4n) is 1.84. The topological polar surface area (TPSA) is 34.2 Å². The Morgan fingerprint density at radius 2 is 2.25 bits per heavy atom. The fourth-order valence-corrected chi connectivity index (χ4v) is 1.84. The number of nitrogens with one attached hydrogen (secondary N) is 1. The van der Waals surface area contributed by atoms with Gasteiger partial charge in [-0.1, -0.05) is 13.8 Å². The van der Waals surface area contributed by atoms with E-state index in [1.807, 2.05) is 13.8 Å². The van der Waals surface area contributed by atoms with E-state index in [2.05, 4.69) is 10.3 Å². The molecule has 0 saturated carbocycles. The molecule has 2 atom stereocenters. The molecule has 1 aromatic heterocycles. The SMILES string of the molecule is CCNC(c1ccncc1F)C(CC)OC. The molecular weight excluding hydrogens is 207 g/mol. The first kappa shape index (κ1) is 13.1. The molecule has 0 aliphatic carbocycles. The summed E-state index contributed by atoms with van der Waals surface area (Å²) < 4.78 is 19.0. The van der Waals surface area contributed by atoms with Crippen LogP contribution < -0.4 is 5.32 Å². The molecule has 0 radical (unpaired) electrons. The third-order valence-electron chi connectivity index (χ3n) is 2.64. The van der Waals surface area contributed by atoms with Gasteiger partial charge in [0.2, 0.25) is 0 Å². The molecule has 0 spiro atoms. The standard InChI is InChI=1S/C12H19FN2O/c1-4-11(16-3)12(15-5-2)9-6-7-14-8-10(9)13/h6-8,11-12,15H,4-5H2,1-3H3. The minimum absolute atomic E-state index is 0.0307. The summed E-state index contributed by atoms with van der Waals surface area (Å²) in [4.78, 5) is 3.75. The summed E-state index contributed by atoms with van der Waals surface area (Å²) in [5.41, 5.74) is 0.616. The lowest BCUT2D eigenvalue weighted by Crippen LogP contribution is -2.33. The second kappa shape index (κ2) is 6.55. The van der Waals surface area contributed by atoms with Crippen LogP contribution in [0.4, 0.5) is 4.39 Å². The molecule has 2 unspecified atom stereocenters. The van der Waals surface area contributed by atoms with Gasteiger partial charge in [0.1, 0.15) is 5.82 Å². The van der Waals surface area contributed by atoms with E-state index in [0.29, 0.717) is 5.56 Å². The minimum Gasteiger partial charge on any atom is -0.379 e. The lowest BCUT2D eigenvalue weighted by molar-refractivity contribution is 0.0644. The zero-order chi connectivity index (χ0) is 12.0. The van der Waals surface area contributed by atoms with Crippen molar-refractivity contribution in [1.29, 1.82) is 0 Å². The van der Waals surface area contributed by atoms with Crippen molar-refractivity contribution in [2.75, 3.05) is 13.7 Å². The average molecular weight is 226 g/mol. The minimum atomic E-state index is -0.288. The van der Waals surface area contributed by atoms with Gasteiger partial charge in [0.05, 0.1) is 18.3 Å². The quantitative estimate of drug-likeness (QED) is 0.808. The smallest absolute Gasteiger partial charge is 0.146 e. The first-order valence-corrected chi connectivity index (χ1v) is 5.60. The van der Waals surface area contributed by atoms with E-state index in [4.69, 9.17) is 4.74 Å². The van der Waals surface area contributed by atoms with Crippen LogP contribution in [0.25, 0.3) is 0 Å². The maximum Gasteiger partial charge on any atom is 0.146 e. The van der Waals surface area contributed by atoms with E-state index < -0.39 is 0 Å². The maximum absolute atomic E-state index is 13.6. The number of aromatic nitrogens is 1. The van der Waals surface area contributed by atoms with Crippen LogP contribution in [0.3, 0.4) is 0 Å². The van der Waals surface area contributed by atoms with Crippen LogP contribution in [-0.2, 0) is 4.74 Å². The van der Waals surface area contributed by atoms with Gasteiger partial charge in [-0.05, 0) is 19.0 Å². The number of nitrogens with zero attached hydrogens (tertiary/aromatic N) is 1. The van der Waals surface area contributed by atoms with Gasteiger partial charge in [0, 0.05) is 18.9 Å². The van der Waals surface area contributed by atoms with Crippen LogP contribution in [-0.4, -0.2) is 24.7 Å². The molecule has 1 heterocycles. The van der Waals surface area contributed by atoms with Crippen molar-refractivity contribution >= 4 is 0 Å². The monoisotopic (exact) mass is 226 g/mol. The fraction of sp³-hybridized carbons (Fsp3) is 0.583. The zero-order valence-corrected chi connectivity index (χ0v) is 10.0. The average Bonchev–Trinajstić information content (AvgIpc) is 2.30. The highest BCUT2D eigenvalue weighted by atomic mass is 19.1. The summed E-state index contributed by atoms with van der Waals surface area (Å²) in [5, 5.41) is 3.25. The molecule has 0 aliphatic rings. The number of hydrogen-bond donors (Lipinski definition) is 1. The molecular formula is C12H19FN2O. The van der Waals surface area contributed by atoms with Crippen molar-refractivity contribution in [3.8, 4) is 0 Å². The summed E-state index contributed by atoms with van der Waals surface area (Å²) in [7, 11) is 1.65. The highest BCUT2D eigenvalue weighted by molar-refractivity contribution is 5.18. The van der Waals surface area contributed by atoms with Gasteiger partial charge in [-0.3, -0.25) is 4.98 Å². The predicted molar refractivity (Wildman–Crippen MR) is 61.7 cm³/mol. The Morgan fingerprint density at radius 3 is 2.75 bits per heavy atom. The molecule has 3 nitrogen and oxygen atoms in total. The third kappa shape index (κ3) is 3.00. The van der Waals surface area contributed by atoms with Crippen molar-refractivity contribution in [1.82, 2.24) is 10.3 Å². The van der Waals surface area contributed by atoms with Crippen molar-refractivity contribution in [3.63, 3.8) is 0 Å². The molecule has 0 saturated heterocycles. The number of pyridine rings is 1. The van der Waals surface area contributed by atoms with Gasteiger partial charge in [-0.15, -0.1) is 0 Å². The van der Waals surface area contributed by atoms with E-state index in [0.717, 1.165) is 13.0 Å². The molecule has 0 aromatic carbocycles. The van der Waals surface area contributed by atoms with Crippen LogP contribution >= 0.6 is 0 Å². The first-order valence-electron chi connectivity index (χ1n) is 5.60. The van der Waals surface area contributed by atoms with E-state index >= 15 is 0 Å². The van der Waals surface area contributed by atoms with Crippen molar-refractivity contribution in [2.45, 2.75) is 32.4 Å². The normalized spacial score (nSPS) is 14.8. The highest BCUT2D eigenvalue weighted by Gasteiger charge is 2.23. The van der Waals surface area contributed by atoms with Crippen molar-refractivity contribution < 1.29 is 9.13 Å². The maximum atomic E-state index is 13.6. The van der Waals surface area contributed by atoms with Gasteiger partial charge in [0.15, 0.2) is 0 Å². The molecule has 90 valence electrons. The molecule has 1 aromatic rings. The van der Waals surface area contributed by atoms with Crippen LogP contribution in [0.15, 0.2) is 18.5 Å². The second-order valence-corrected chi connectivity index (χ2v) is 3.61. The van der Waals surface area contributed by atoms with E-state index in [1.165, 1.54) is 6.20 Å². The summed E-state index contributed by atoms with van der Waals surface area (Å²) in [5.74, 6) is -0.288. The van der Waals surface area contributed by atoms with Gasteiger partial charge in [-0.25, -0.2) is 4.39 Å². The number of hydrogen-bond acceptors (Lipinski definition) is 3. The molecule has 4 heteroatoms. The molecule has 1 rings (SSSR count). The lowest BCUT2D eigenvalue weighted by Gasteiger charge is -2.26. The number of methoxy groups -OCH3 is 1. The Morgan fingerprint density at radius 1 is 1.50 bits per heavy atom. The Labute approximate surface area is 96.0 Å². The van der Waals surface area contributed by atoms with E-state index in [1.54, 1.807) is 19.4 Å². The van der Waals surface area contributed by atoms with Crippen LogP contribution in [0.2, 0.25) is 0 Å². The van der Waals surface area contributed by atoms with Gasteiger partial charge in [0.25, 0.3) is 0 Å². The summed E-state index contributed by atoms with van der Waals surface area (Å²) in [6.07, 6.45) is 3.64. The Kier molecular flexibility index (Phi) is 5.35. The van der Waals surface area contributed by atoms with E-state index in [9.17, 15) is 4.39 Å². The lowest BCUT2D eigenvalue weighted by atomic mass is 10.00. The molecule has 0 aliphatic heterocycles. The highest BCUT2D eigenvalue weighted by Crippen LogP contribution is 2.22. The van der Waals surface area contributed by atoms with Crippen LogP contribution in [0.1, 0.15) is 31.9 Å². The largest absolute Gasteiger partial charge is 0.379 e. The summed E-state index contributed by atoms with van der Waals surface area (Å²) in [6, 6.07) is 1.58. The Bertz CT molecular complexity index is 316. The molecule has 0 bridgehead atoms. The zero-order valence-electron chi connectivity index (χ0n) is 10.0. The van der Waals surface area contributed by atoms with Crippen molar-refractivity contribution in [2.24, 2.45) is 0 Å². The summed E-state index contributed by atoms with van der Waals surface area (Å²) >= 11 is 0. The number of rotatable bonds is 6. The van der Waals surface area contributed by atoms with Gasteiger partial charge >= 0.3 is 0 Å². The molecule has 0 amide bonds. The van der Waals surface area contributed by atoms with Crippen LogP contribution in [0, 0.1) is 5.82 Å². The van der Waals surface area contributed by atoms with Gasteiger partial charge in [-0.2, -0.15) is 0 Å².